The van der Waals surface area contributed by atoms with Gasteiger partial charge in [0.05, 0.1) is 12.7 Å². The smallest absolute Gasteiger partial charge is 0.256 e. The summed E-state index contributed by atoms with van der Waals surface area (Å²) in [6.07, 6.45) is 2.55. The number of nitrogens with one attached hydrogen (secondary N) is 1. The molecule has 3 saturated heterocycles. The maximum Gasteiger partial charge on any atom is 0.256 e. The van der Waals surface area contributed by atoms with Crippen molar-refractivity contribution in [3.8, 4) is 0 Å². The summed E-state index contributed by atoms with van der Waals surface area (Å²) >= 11 is 0. The number of amides is 3. The molecule has 0 saturated carbocycles. The van der Waals surface area contributed by atoms with E-state index in [-0.39, 0.29) is 36.0 Å². The number of piperidine rings is 1. The molecule has 3 aliphatic rings. The van der Waals surface area contributed by atoms with E-state index in [2.05, 4.69) is 5.32 Å². The summed E-state index contributed by atoms with van der Waals surface area (Å²) in [6, 6.07) is 12.1. The van der Waals surface area contributed by atoms with Crippen molar-refractivity contribution in [1.29, 1.82) is 0 Å². The van der Waals surface area contributed by atoms with E-state index in [1.54, 1.807) is 28.0 Å². The van der Waals surface area contributed by atoms with Gasteiger partial charge < -0.3 is 19.7 Å². The molecule has 3 fully saturated rings. The van der Waals surface area contributed by atoms with Gasteiger partial charge in [-0.05, 0) is 50.1 Å². The Morgan fingerprint density at radius 3 is 2.46 bits per heavy atom. The van der Waals surface area contributed by atoms with Crippen LogP contribution in [0, 0.1) is 12.7 Å². The third-order valence-corrected chi connectivity index (χ3v) is 7.48. The van der Waals surface area contributed by atoms with Crippen LogP contribution in [0.1, 0.15) is 52.0 Å². The van der Waals surface area contributed by atoms with Crippen LogP contribution in [0.2, 0.25) is 0 Å². The third-order valence-electron chi connectivity index (χ3n) is 7.48. The molecule has 37 heavy (non-hydrogen) atoms. The molecule has 3 amide bonds. The lowest BCUT2D eigenvalue weighted by molar-refractivity contribution is -0.128. The van der Waals surface area contributed by atoms with Gasteiger partial charge in [0.2, 0.25) is 5.91 Å². The lowest BCUT2D eigenvalue weighted by Crippen LogP contribution is -2.60. The van der Waals surface area contributed by atoms with Gasteiger partial charge in [-0.2, -0.15) is 0 Å². The van der Waals surface area contributed by atoms with E-state index in [1.165, 1.54) is 18.2 Å². The zero-order valence-corrected chi connectivity index (χ0v) is 21.0. The minimum Gasteiger partial charge on any atom is -0.376 e. The van der Waals surface area contributed by atoms with Gasteiger partial charge in [-0.15, -0.1) is 0 Å². The molecule has 0 aliphatic carbocycles. The molecule has 196 valence electrons. The zero-order chi connectivity index (χ0) is 26.0. The molecule has 0 radical (unpaired) electrons. The van der Waals surface area contributed by atoms with Crippen molar-refractivity contribution in [2.45, 2.75) is 50.5 Å². The van der Waals surface area contributed by atoms with Gasteiger partial charge in [-0.25, -0.2) is 4.39 Å². The molecule has 5 rings (SSSR count). The molecular formula is C28H32FN3O5. The summed E-state index contributed by atoms with van der Waals surface area (Å²) in [5, 5.41) is 2.95. The van der Waals surface area contributed by atoms with Gasteiger partial charge in [0.1, 0.15) is 17.6 Å². The molecule has 0 aromatic heterocycles. The van der Waals surface area contributed by atoms with E-state index in [9.17, 15) is 18.8 Å². The van der Waals surface area contributed by atoms with Crippen molar-refractivity contribution in [2.24, 2.45) is 0 Å². The predicted octanol–water partition coefficient (Wildman–Crippen LogP) is 2.90. The van der Waals surface area contributed by atoms with Crippen molar-refractivity contribution in [2.75, 3.05) is 32.8 Å². The number of carbonyl (C=O) groups is 3. The Morgan fingerprint density at radius 1 is 1.05 bits per heavy atom. The number of benzene rings is 2. The highest BCUT2D eigenvalue weighted by atomic mass is 19.1. The number of hydrogen-bond donors (Lipinski definition) is 1. The fraction of sp³-hybridized carbons (Fsp3) is 0.464. The van der Waals surface area contributed by atoms with Crippen molar-refractivity contribution >= 4 is 17.7 Å². The van der Waals surface area contributed by atoms with Crippen LogP contribution >= 0.6 is 0 Å². The first-order valence-corrected chi connectivity index (χ1v) is 12.8. The number of ether oxygens (including phenoxy) is 2. The Balaban J connectivity index is 1.35. The molecule has 1 N–H and O–H groups in total. The normalized spacial score (nSPS) is 22.9. The van der Waals surface area contributed by atoms with Gasteiger partial charge in [0.25, 0.3) is 11.8 Å². The Labute approximate surface area is 215 Å². The molecule has 0 unspecified atom stereocenters. The Bertz CT molecular complexity index is 1170. The molecule has 0 bridgehead atoms. The topological polar surface area (TPSA) is 88.2 Å². The van der Waals surface area contributed by atoms with E-state index in [0.29, 0.717) is 44.6 Å². The second kappa shape index (κ2) is 10.6. The highest BCUT2D eigenvalue weighted by Gasteiger charge is 2.54. The average Bonchev–Trinajstić information content (AvgIpc) is 3.55. The van der Waals surface area contributed by atoms with Crippen LogP contribution in [0.25, 0.3) is 0 Å². The van der Waals surface area contributed by atoms with Gasteiger partial charge in [-0.3, -0.25) is 19.3 Å². The Kier molecular flexibility index (Phi) is 7.26. The van der Waals surface area contributed by atoms with Crippen LogP contribution in [0.5, 0.6) is 0 Å². The molecule has 3 heterocycles. The maximum absolute atomic E-state index is 13.8. The molecule has 2 atom stereocenters. The quantitative estimate of drug-likeness (QED) is 0.670. The number of carbonyl (C=O) groups excluding carboxylic acids is 3. The fourth-order valence-corrected chi connectivity index (χ4v) is 5.48. The molecule has 2 aromatic rings. The van der Waals surface area contributed by atoms with E-state index in [4.69, 9.17) is 9.47 Å². The number of nitrogens with zero attached hydrogens (tertiary/aromatic N) is 2. The van der Waals surface area contributed by atoms with Crippen molar-refractivity contribution in [3.63, 3.8) is 0 Å². The van der Waals surface area contributed by atoms with Crippen LogP contribution in [0.15, 0.2) is 48.5 Å². The minimum absolute atomic E-state index is 0.0155. The van der Waals surface area contributed by atoms with Crippen LogP contribution in [0.3, 0.4) is 0 Å². The first-order valence-electron chi connectivity index (χ1n) is 12.8. The second-order valence-corrected chi connectivity index (χ2v) is 10.0. The SMILES string of the molecule is Cc1cccc(C(=O)N2[C@H](C(=O)NC[C@H]3CCCO3)COC23CCN(C(=O)c2cccc(F)c2)CC3)c1. The molecule has 9 heteroatoms. The first kappa shape index (κ1) is 25.4. The van der Waals surface area contributed by atoms with E-state index < -0.39 is 17.6 Å². The van der Waals surface area contributed by atoms with Crippen LogP contribution in [0.4, 0.5) is 4.39 Å². The average molecular weight is 510 g/mol. The first-order chi connectivity index (χ1) is 17.9. The Hall–Kier alpha value is -3.30. The van der Waals surface area contributed by atoms with Gasteiger partial charge in [0, 0.05) is 50.2 Å². The van der Waals surface area contributed by atoms with Crippen LogP contribution in [-0.2, 0) is 14.3 Å². The summed E-state index contributed by atoms with van der Waals surface area (Å²) in [6.45, 7) is 3.71. The number of hydrogen-bond acceptors (Lipinski definition) is 5. The van der Waals surface area contributed by atoms with Crippen LogP contribution < -0.4 is 5.32 Å². The van der Waals surface area contributed by atoms with Crippen molar-refractivity contribution in [3.05, 3.63) is 71.0 Å². The van der Waals surface area contributed by atoms with Crippen molar-refractivity contribution in [1.82, 2.24) is 15.1 Å². The maximum atomic E-state index is 13.8. The number of aryl methyl sites for hydroxylation is 1. The lowest BCUT2D eigenvalue weighted by atomic mass is 9.95. The molecule has 1 spiro atoms. The second-order valence-electron chi connectivity index (χ2n) is 10.0. The van der Waals surface area contributed by atoms with Gasteiger partial charge >= 0.3 is 0 Å². The lowest BCUT2D eigenvalue weighted by Gasteiger charge is -2.44. The van der Waals surface area contributed by atoms with E-state index in [1.807, 2.05) is 19.1 Å². The zero-order valence-electron chi connectivity index (χ0n) is 21.0. The molecule has 2 aromatic carbocycles. The highest BCUT2D eigenvalue weighted by Crippen LogP contribution is 2.39. The van der Waals surface area contributed by atoms with Crippen LogP contribution in [-0.4, -0.2) is 78.2 Å². The molecule has 3 aliphatic heterocycles. The minimum atomic E-state index is -1.01. The number of rotatable bonds is 5. The Morgan fingerprint density at radius 2 is 1.78 bits per heavy atom. The summed E-state index contributed by atoms with van der Waals surface area (Å²) in [4.78, 5) is 43.3. The monoisotopic (exact) mass is 509 g/mol. The molecular weight excluding hydrogens is 477 g/mol. The van der Waals surface area contributed by atoms with E-state index in [0.717, 1.165) is 18.4 Å². The summed E-state index contributed by atoms with van der Waals surface area (Å²) in [5.74, 6) is -1.28. The third kappa shape index (κ3) is 5.24. The fourth-order valence-electron chi connectivity index (χ4n) is 5.48. The van der Waals surface area contributed by atoms with Gasteiger partial charge in [0.15, 0.2) is 0 Å². The predicted molar refractivity (Wildman–Crippen MR) is 133 cm³/mol. The highest BCUT2D eigenvalue weighted by molar-refractivity contribution is 5.99. The van der Waals surface area contributed by atoms with E-state index >= 15 is 0 Å². The number of likely N-dealkylation sites (tertiary alicyclic amines) is 1. The number of halogens is 1. The van der Waals surface area contributed by atoms with Crippen molar-refractivity contribution < 1.29 is 28.2 Å². The van der Waals surface area contributed by atoms with Gasteiger partial charge in [-0.1, -0.05) is 23.8 Å². The summed E-state index contributed by atoms with van der Waals surface area (Å²) in [7, 11) is 0. The summed E-state index contributed by atoms with van der Waals surface area (Å²) < 4.78 is 25.5. The largest absolute Gasteiger partial charge is 0.376 e. The standard InChI is InChI=1S/C28H32FN3O5/c1-19-5-2-6-20(15-19)27(35)32-24(25(33)30-17-23-9-4-14-36-23)18-37-28(32)10-12-31(13-11-28)26(34)21-7-3-8-22(29)16-21/h2-3,5-8,15-16,23-24H,4,9-14,17-18H2,1H3,(H,30,33)/t23-,24+/m1/s1. The summed E-state index contributed by atoms with van der Waals surface area (Å²) in [5.41, 5.74) is 0.697. The molecule has 8 nitrogen and oxygen atoms in total.